The largest absolute Gasteiger partial charge is 0.384 e. The summed E-state index contributed by atoms with van der Waals surface area (Å²) in [7, 11) is 1.99. The van der Waals surface area contributed by atoms with Gasteiger partial charge in [0.05, 0.1) is 5.52 Å². The van der Waals surface area contributed by atoms with E-state index in [2.05, 4.69) is 48.7 Å². The van der Waals surface area contributed by atoms with Crippen molar-refractivity contribution < 1.29 is 0 Å². The molecule has 0 aliphatic carbocycles. The Labute approximate surface area is 115 Å². The second-order valence-corrected chi connectivity index (χ2v) is 4.86. The Balaban J connectivity index is 2.32. The fraction of sp³-hybridized carbons (Fsp3) is 0.438. The first-order chi connectivity index (χ1) is 9.26. The number of nitrogens with zero attached hydrogens (tertiary/aromatic N) is 1. The zero-order chi connectivity index (χ0) is 13.7. The number of fused-ring (bicyclic) bond motifs is 1. The summed E-state index contributed by atoms with van der Waals surface area (Å²) in [5.41, 5.74) is 4.74. The van der Waals surface area contributed by atoms with Crippen molar-refractivity contribution in [3.05, 3.63) is 35.5 Å². The van der Waals surface area contributed by atoms with Gasteiger partial charge in [-0.2, -0.15) is 0 Å². The second-order valence-electron chi connectivity index (χ2n) is 4.86. The van der Waals surface area contributed by atoms with Gasteiger partial charge in [0.1, 0.15) is 0 Å². The van der Waals surface area contributed by atoms with Crippen LogP contribution in [0.25, 0.3) is 10.9 Å². The summed E-state index contributed by atoms with van der Waals surface area (Å²) in [5, 5.41) is 7.93. The van der Waals surface area contributed by atoms with Gasteiger partial charge in [-0.3, -0.25) is 4.98 Å². The Hall–Kier alpha value is -1.61. The summed E-state index contributed by atoms with van der Waals surface area (Å²) in [4.78, 5) is 4.70. The number of pyridine rings is 1. The van der Waals surface area contributed by atoms with Crippen LogP contribution in [0, 0.1) is 6.92 Å². The van der Waals surface area contributed by atoms with Crippen molar-refractivity contribution in [2.24, 2.45) is 0 Å². The van der Waals surface area contributed by atoms with E-state index < -0.39 is 0 Å². The van der Waals surface area contributed by atoms with Crippen LogP contribution in [0.2, 0.25) is 0 Å². The molecule has 19 heavy (non-hydrogen) atoms. The minimum Gasteiger partial charge on any atom is -0.384 e. The number of benzene rings is 1. The first-order valence-corrected chi connectivity index (χ1v) is 7.04. The topological polar surface area (TPSA) is 37.0 Å². The monoisotopic (exact) mass is 257 g/mol. The molecule has 0 saturated heterocycles. The molecule has 3 heteroatoms. The van der Waals surface area contributed by atoms with Gasteiger partial charge in [-0.1, -0.05) is 25.1 Å². The molecule has 1 heterocycles. The van der Waals surface area contributed by atoms with Crippen LogP contribution in [-0.2, 0) is 6.42 Å². The molecule has 0 fully saturated rings. The van der Waals surface area contributed by atoms with Crippen LogP contribution < -0.4 is 10.6 Å². The van der Waals surface area contributed by atoms with Crippen molar-refractivity contribution in [3.8, 4) is 0 Å². The molecule has 0 bridgehead atoms. The van der Waals surface area contributed by atoms with E-state index in [1.807, 2.05) is 7.05 Å². The molecule has 102 valence electrons. The van der Waals surface area contributed by atoms with Crippen molar-refractivity contribution in [2.45, 2.75) is 26.7 Å². The Morgan fingerprint density at radius 1 is 1.21 bits per heavy atom. The minimum absolute atomic E-state index is 0.982. The van der Waals surface area contributed by atoms with E-state index in [0.29, 0.717) is 0 Å². The van der Waals surface area contributed by atoms with Gasteiger partial charge in [0.2, 0.25) is 0 Å². The molecule has 0 aliphatic heterocycles. The molecule has 1 aromatic heterocycles. The van der Waals surface area contributed by atoms with Crippen molar-refractivity contribution in [2.75, 3.05) is 25.5 Å². The normalized spacial score (nSPS) is 10.9. The van der Waals surface area contributed by atoms with Crippen molar-refractivity contribution in [1.29, 1.82) is 0 Å². The van der Waals surface area contributed by atoms with Crippen LogP contribution in [0.5, 0.6) is 0 Å². The molecule has 0 unspecified atom stereocenters. The maximum Gasteiger partial charge on any atom is 0.0757 e. The number of anilines is 1. The highest BCUT2D eigenvalue weighted by Gasteiger charge is 2.06. The molecule has 0 amide bonds. The Bertz CT molecular complexity index is 549. The molecule has 0 saturated carbocycles. The third-order valence-electron chi connectivity index (χ3n) is 3.35. The lowest BCUT2D eigenvalue weighted by atomic mass is 10.1. The third kappa shape index (κ3) is 3.24. The number of aryl methyl sites for hydroxylation is 2. The van der Waals surface area contributed by atoms with Gasteiger partial charge in [-0.15, -0.1) is 0 Å². The molecule has 3 nitrogen and oxygen atoms in total. The quantitative estimate of drug-likeness (QED) is 0.781. The average molecular weight is 257 g/mol. The molecule has 1 aromatic carbocycles. The maximum atomic E-state index is 4.70. The van der Waals surface area contributed by atoms with Gasteiger partial charge < -0.3 is 10.6 Å². The molecule has 0 spiro atoms. The van der Waals surface area contributed by atoms with Gasteiger partial charge in [-0.05, 0) is 45.0 Å². The Morgan fingerprint density at radius 2 is 2.05 bits per heavy atom. The summed E-state index contributed by atoms with van der Waals surface area (Å²) < 4.78 is 0. The van der Waals surface area contributed by atoms with Crippen molar-refractivity contribution in [1.82, 2.24) is 10.3 Å². The lowest BCUT2D eigenvalue weighted by Gasteiger charge is -2.12. The van der Waals surface area contributed by atoms with Crippen LogP contribution in [0.4, 0.5) is 5.69 Å². The van der Waals surface area contributed by atoms with E-state index in [0.717, 1.165) is 37.1 Å². The zero-order valence-electron chi connectivity index (χ0n) is 12.1. The first kappa shape index (κ1) is 13.8. The predicted molar refractivity (Wildman–Crippen MR) is 82.9 cm³/mol. The highest BCUT2D eigenvalue weighted by atomic mass is 14.9. The lowest BCUT2D eigenvalue weighted by molar-refractivity contribution is 0.748. The Morgan fingerprint density at radius 3 is 2.79 bits per heavy atom. The number of hydrogen-bond acceptors (Lipinski definition) is 3. The number of rotatable bonds is 6. The number of aromatic nitrogens is 1. The first-order valence-electron chi connectivity index (χ1n) is 7.04. The van der Waals surface area contributed by atoms with Gasteiger partial charge in [0, 0.05) is 23.3 Å². The van der Waals surface area contributed by atoms with Gasteiger partial charge in [0.25, 0.3) is 0 Å². The number of hydrogen-bond donors (Lipinski definition) is 2. The maximum absolute atomic E-state index is 4.70. The predicted octanol–water partition coefficient (Wildman–Crippen LogP) is 3.13. The molecule has 2 rings (SSSR count). The van der Waals surface area contributed by atoms with E-state index in [4.69, 9.17) is 4.98 Å². The van der Waals surface area contributed by atoms with Crippen LogP contribution in [0.1, 0.15) is 24.6 Å². The lowest BCUT2D eigenvalue weighted by Crippen LogP contribution is -2.13. The smallest absolute Gasteiger partial charge is 0.0757 e. The van der Waals surface area contributed by atoms with E-state index in [1.54, 1.807) is 0 Å². The molecule has 2 aromatic rings. The summed E-state index contributed by atoms with van der Waals surface area (Å²) >= 11 is 0. The van der Waals surface area contributed by atoms with Gasteiger partial charge >= 0.3 is 0 Å². The SMILES string of the molecule is CCc1cccc2c(NCCCNC)cc(C)nc12. The van der Waals surface area contributed by atoms with Crippen LogP contribution in [0.3, 0.4) is 0 Å². The summed E-state index contributed by atoms with van der Waals surface area (Å²) in [6, 6.07) is 8.58. The summed E-state index contributed by atoms with van der Waals surface area (Å²) in [6.45, 7) is 6.26. The summed E-state index contributed by atoms with van der Waals surface area (Å²) in [6.07, 6.45) is 2.14. The van der Waals surface area contributed by atoms with Gasteiger partial charge in [-0.25, -0.2) is 0 Å². The van der Waals surface area contributed by atoms with E-state index in [1.165, 1.54) is 16.6 Å². The molecule has 0 aliphatic rings. The standard InChI is InChI=1S/C16H23N3/c1-4-13-7-5-8-14-15(18-10-6-9-17-3)11-12(2)19-16(13)14/h5,7-8,11,17H,4,6,9-10H2,1-3H3,(H,18,19). The molecule has 2 N–H and O–H groups in total. The van der Waals surface area contributed by atoms with Crippen LogP contribution in [0.15, 0.2) is 24.3 Å². The minimum atomic E-state index is 0.982. The number of para-hydroxylation sites is 1. The van der Waals surface area contributed by atoms with Crippen molar-refractivity contribution >= 4 is 16.6 Å². The molecule has 0 radical (unpaired) electrons. The van der Waals surface area contributed by atoms with E-state index >= 15 is 0 Å². The number of nitrogens with one attached hydrogen (secondary N) is 2. The summed E-state index contributed by atoms with van der Waals surface area (Å²) in [5.74, 6) is 0. The van der Waals surface area contributed by atoms with Crippen LogP contribution >= 0.6 is 0 Å². The van der Waals surface area contributed by atoms with Gasteiger partial charge in [0.15, 0.2) is 0 Å². The fourth-order valence-electron chi connectivity index (χ4n) is 2.36. The van der Waals surface area contributed by atoms with E-state index in [9.17, 15) is 0 Å². The highest BCUT2D eigenvalue weighted by molar-refractivity contribution is 5.93. The third-order valence-corrected chi connectivity index (χ3v) is 3.35. The second kappa shape index (κ2) is 6.53. The Kier molecular flexibility index (Phi) is 4.74. The highest BCUT2D eigenvalue weighted by Crippen LogP contribution is 2.26. The fourth-order valence-corrected chi connectivity index (χ4v) is 2.36. The average Bonchev–Trinajstić information content (AvgIpc) is 2.42. The van der Waals surface area contributed by atoms with Crippen molar-refractivity contribution in [3.63, 3.8) is 0 Å². The van der Waals surface area contributed by atoms with Crippen LogP contribution in [-0.4, -0.2) is 25.1 Å². The van der Waals surface area contributed by atoms with E-state index in [-0.39, 0.29) is 0 Å². The molecule has 0 atom stereocenters. The molecular weight excluding hydrogens is 234 g/mol. The zero-order valence-corrected chi connectivity index (χ0v) is 12.1. The molecular formula is C16H23N3.